The Labute approximate surface area is 99.8 Å². The minimum atomic E-state index is 0.0351. The monoisotopic (exact) mass is 229 g/mol. The number of rotatable bonds is 2. The fraction of sp³-hybridized carbons (Fsp3) is 0.357. The third-order valence-corrected chi connectivity index (χ3v) is 3.44. The minimum absolute atomic E-state index is 0.0351. The highest BCUT2D eigenvalue weighted by molar-refractivity contribution is 6.10. The molecule has 1 N–H and O–H groups in total. The number of carbonyl (C=O) groups is 1. The Hall–Kier alpha value is -1.61. The first-order valence-electron chi connectivity index (χ1n) is 5.96. The molecule has 1 atom stereocenters. The summed E-state index contributed by atoms with van der Waals surface area (Å²) in [5.41, 5.74) is 2.84. The molecule has 1 fully saturated rings. The van der Waals surface area contributed by atoms with Crippen molar-refractivity contribution in [1.29, 1.82) is 0 Å². The van der Waals surface area contributed by atoms with Gasteiger partial charge in [0, 0.05) is 34.7 Å². The molecular formula is C14H15NO2. The minimum Gasteiger partial charge on any atom is -0.381 e. The van der Waals surface area contributed by atoms with E-state index in [-0.39, 0.29) is 11.7 Å². The average molecular weight is 229 g/mol. The molecule has 1 unspecified atom stereocenters. The molecule has 17 heavy (non-hydrogen) atoms. The number of hydrogen-bond acceptors (Lipinski definition) is 2. The fourth-order valence-electron chi connectivity index (χ4n) is 2.54. The first-order chi connectivity index (χ1) is 8.27. The molecule has 3 nitrogen and oxygen atoms in total. The van der Waals surface area contributed by atoms with Crippen LogP contribution in [0.5, 0.6) is 0 Å². The smallest absolute Gasteiger partial charge is 0.170 e. The zero-order chi connectivity index (χ0) is 11.8. The third-order valence-electron chi connectivity index (χ3n) is 3.44. The van der Waals surface area contributed by atoms with E-state index in [9.17, 15) is 4.79 Å². The van der Waals surface area contributed by atoms with Crippen LogP contribution >= 0.6 is 0 Å². The standard InChI is InChI=1S/C14H15NO2/c1-9-13(14(16)10-6-7-17-8-10)11-4-2-3-5-12(11)15-9/h2-5,10,15H,6-8H2,1H3. The summed E-state index contributed by atoms with van der Waals surface area (Å²) in [5.74, 6) is 0.255. The highest BCUT2D eigenvalue weighted by Gasteiger charge is 2.27. The summed E-state index contributed by atoms with van der Waals surface area (Å²) in [6, 6.07) is 7.95. The maximum absolute atomic E-state index is 12.4. The molecule has 0 radical (unpaired) electrons. The number of fused-ring (bicyclic) bond motifs is 1. The normalized spacial score (nSPS) is 19.9. The van der Waals surface area contributed by atoms with Gasteiger partial charge in [-0.1, -0.05) is 18.2 Å². The lowest BCUT2D eigenvalue weighted by atomic mass is 9.95. The van der Waals surface area contributed by atoms with Crippen LogP contribution in [0.4, 0.5) is 0 Å². The van der Waals surface area contributed by atoms with Gasteiger partial charge in [-0.25, -0.2) is 0 Å². The zero-order valence-electron chi connectivity index (χ0n) is 9.82. The number of ketones is 1. The van der Waals surface area contributed by atoms with Gasteiger partial charge < -0.3 is 9.72 Å². The lowest BCUT2D eigenvalue weighted by Gasteiger charge is -2.06. The molecule has 0 amide bonds. The summed E-state index contributed by atoms with van der Waals surface area (Å²) in [7, 11) is 0. The lowest BCUT2D eigenvalue weighted by molar-refractivity contribution is 0.0901. The quantitative estimate of drug-likeness (QED) is 0.804. The van der Waals surface area contributed by atoms with Crippen molar-refractivity contribution in [2.75, 3.05) is 13.2 Å². The highest BCUT2D eigenvalue weighted by Crippen LogP contribution is 2.27. The number of hydrogen-bond donors (Lipinski definition) is 1. The van der Waals surface area contributed by atoms with Crippen LogP contribution < -0.4 is 0 Å². The van der Waals surface area contributed by atoms with Crippen LogP contribution in [-0.4, -0.2) is 24.0 Å². The fourth-order valence-corrected chi connectivity index (χ4v) is 2.54. The van der Waals surface area contributed by atoms with E-state index in [1.165, 1.54) is 0 Å². The van der Waals surface area contributed by atoms with Crippen molar-refractivity contribution in [2.24, 2.45) is 5.92 Å². The maximum Gasteiger partial charge on any atom is 0.170 e. The van der Waals surface area contributed by atoms with Crippen LogP contribution in [-0.2, 0) is 4.74 Å². The van der Waals surface area contributed by atoms with Crippen molar-refractivity contribution in [3.8, 4) is 0 Å². The molecule has 88 valence electrons. The summed E-state index contributed by atoms with van der Waals surface area (Å²) < 4.78 is 5.30. The number of H-pyrrole nitrogens is 1. The number of carbonyl (C=O) groups excluding carboxylic acids is 1. The van der Waals surface area contributed by atoms with Gasteiger partial charge in [0.05, 0.1) is 6.61 Å². The van der Waals surface area contributed by atoms with Gasteiger partial charge in [0.2, 0.25) is 0 Å². The molecule has 0 saturated carbocycles. The Morgan fingerprint density at radius 2 is 2.24 bits per heavy atom. The van der Waals surface area contributed by atoms with E-state index >= 15 is 0 Å². The van der Waals surface area contributed by atoms with Crippen LogP contribution in [0.1, 0.15) is 22.5 Å². The van der Waals surface area contributed by atoms with E-state index in [1.54, 1.807) is 0 Å². The van der Waals surface area contributed by atoms with Gasteiger partial charge in [0.15, 0.2) is 5.78 Å². The predicted octanol–water partition coefficient (Wildman–Crippen LogP) is 2.70. The van der Waals surface area contributed by atoms with E-state index < -0.39 is 0 Å². The molecule has 1 aliphatic heterocycles. The van der Waals surface area contributed by atoms with Gasteiger partial charge in [-0.05, 0) is 19.4 Å². The Morgan fingerprint density at radius 1 is 1.41 bits per heavy atom. The van der Waals surface area contributed by atoms with Crippen molar-refractivity contribution in [3.05, 3.63) is 35.5 Å². The highest BCUT2D eigenvalue weighted by atomic mass is 16.5. The summed E-state index contributed by atoms with van der Waals surface area (Å²) >= 11 is 0. The van der Waals surface area contributed by atoms with Crippen molar-refractivity contribution < 1.29 is 9.53 Å². The van der Waals surface area contributed by atoms with Gasteiger partial charge in [-0.2, -0.15) is 0 Å². The number of aryl methyl sites for hydroxylation is 1. The SMILES string of the molecule is Cc1[nH]c2ccccc2c1C(=O)C1CCOC1. The van der Waals surface area contributed by atoms with Crippen LogP contribution in [0, 0.1) is 12.8 Å². The molecule has 1 aliphatic rings. The van der Waals surface area contributed by atoms with Crippen molar-refractivity contribution in [3.63, 3.8) is 0 Å². The number of aromatic nitrogens is 1. The third kappa shape index (κ3) is 1.67. The lowest BCUT2D eigenvalue weighted by Crippen LogP contribution is -2.15. The summed E-state index contributed by atoms with van der Waals surface area (Å²) in [4.78, 5) is 15.7. The number of para-hydroxylation sites is 1. The summed E-state index contributed by atoms with van der Waals surface area (Å²) in [6.45, 7) is 3.23. The molecule has 3 heteroatoms. The average Bonchev–Trinajstić information content (AvgIpc) is 2.94. The zero-order valence-corrected chi connectivity index (χ0v) is 9.82. The van der Waals surface area contributed by atoms with Gasteiger partial charge in [0.25, 0.3) is 0 Å². The van der Waals surface area contributed by atoms with Crippen LogP contribution in [0.25, 0.3) is 10.9 Å². The number of ether oxygens (including phenoxy) is 1. The van der Waals surface area contributed by atoms with Crippen LogP contribution in [0.2, 0.25) is 0 Å². The van der Waals surface area contributed by atoms with Gasteiger partial charge >= 0.3 is 0 Å². The second-order valence-electron chi connectivity index (χ2n) is 4.60. The molecule has 1 saturated heterocycles. The number of nitrogens with one attached hydrogen (secondary N) is 1. The molecule has 2 aromatic rings. The summed E-state index contributed by atoms with van der Waals surface area (Å²) in [5, 5.41) is 1.03. The van der Waals surface area contributed by atoms with Gasteiger partial charge in [-0.3, -0.25) is 4.79 Å². The number of Topliss-reactive ketones (excluding diaryl/α,β-unsaturated/α-hetero) is 1. The molecular weight excluding hydrogens is 214 g/mol. The van der Waals surface area contributed by atoms with Crippen molar-refractivity contribution in [2.45, 2.75) is 13.3 Å². The molecule has 2 heterocycles. The van der Waals surface area contributed by atoms with E-state index in [0.717, 1.165) is 28.6 Å². The Morgan fingerprint density at radius 3 is 3.00 bits per heavy atom. The first kappa shape index (κ1) is 10.5. The predicted molar refractivity (Wildman–Crippen MR) is 66.3 cm³/mol. The molecule has 0 aliphatic carbocycles. The Balaban J connectivity index is 2.09. The van der Waals surface area contributed by atoms with Crippen molar-refractivity contribution >= 4 is 16.7 Å². The first-order valence-corrected chi connectivity index (χ1v) is 5.96. The van der Waals surface area contributed by atoms with Crippen molar-refractivity contribution in [1.82, 2.24) is 4.98 Å². The Bertz CT molecular complexity index is 565. The second kappa shape index (κ2) is 4.00. The molecule has 3 rings (SSSR count). The molecule has 1 aromatic heterocycles. The van der Waals surface area contributed by atoms with E-state index in [4.69, 9.17) is 4.74 Å². The largest absolute Gasteiger partial charge is 0.381 e. The summed E-state index contributed by atoms with van der Waals surface area (Å²) in [6.07, 6.45) is 0.845. The molecule has 0 bridgehead atoms. The van der Waals surface area contributed by atoms with Crippen LogP contribution in [0.3, 0.4) is 0 Å². The van der Waals surface area contributed by atoms with E-state index in [1.807, 2.05) is 31.2 Å². The van der Waals surface area contributed by atoms with Gasteiger partial charge in [-0.15, -0.1) is 0 Å². The second-order valence-corrected chi connectivity index (χ2v) is 4.60. The topological polar surface area (TPSA) is 42.1 Å². The van der Waals surface area contributed by atoms with E-state index in [2.05, 4.69) is 4.98 Å². The number of aromatic amines is 1. The maximum atomic E-state index is 12.4. The Kier molecular flexibility index (Phi) is 2.48. The number of benzene rings is 1. The van der Waals surface area contributed by atoms with E-state index in [0.29, 0.717) is 13.2 Å². The van der Waals surface area contributed by atoms with Crippen LogP contribution in [0.15, 0.2) is 24.3 Å². The van der Waals surface area contributed by atoms with Gasteiger partial charge in [0.1, 0.15) is 0 Å². The molecule has 0 spiro atoms. The molecule has 1 aromatic carbocycles.